The van der Waals surface area contributed by atoms with E-state index in [9.17, 15) is 12.8 Å². The lowest BCUT2D eigenvalue weighted by Crippen LogP contribution is -2.38. The van der Waals surface area contributed by atoms with Gasteiger partial charge in [-0.25, -0.2) is 12.8 Å². The number of sulfonamides is 1. The van der Waals surface area contributed by atoms with E-state index in [1.165, 1.54) is 41.4 Å². The molecule has 2 aromatic carbocycles. The van der Waals surface area contributed by atoms with Crippen molar-refractivity contribution in [2.45, 2.75) is 17.7 Å². The zero-order chi connectivity index (χ0) is 19.1. The van der Waals surface area contributed by atoms with E-state index in [1.807, 2.05) is 42.5 Å². The predicted molar refractivity (Wildman–Crippen MR) is 106 cm³/mol. The van der Waals surface area contributed by atoms with Crippen molar-refractivity contribution in [3.63, 3.8) is 0 Å². The Kier molecular flexibility index (Phi) is 6.77. The smallest absolute Gasteiger partial charge is 0.243 e. The Bertz CT molecular complexity index is 846. The van der Waals surface area contributed by atoms with Crippen LogP contribution in [-0.2, 0) is 10.0 Å². The van der Waals surface area contributed by atoms with Gasteiger partial charge in [-0.05, 0) is 55.8 Å². The van der Waals surface area contributed by atoms with Gasteiger partial charge in [0.05, 0.1) is 4.90 Å². The topological polar surface area (TPSA) is 40.6 Å². The Balaban J connectivity index is 1.75. The standard InChI is InChI=1S/C21H25FN2O2S/c22-20-10-12-21(13-11-20)27(25,26)24(18-17-23-14-4-5-15-23)16-6-9-19-7-2-1-3-8-19/h1-3,6-13H,4-5,14-18H2/b9-6+. The van der Waals surface area contributed by atoms with E-state index in [2.05, 4.69) is 4.90 Å². The number of halogens is 1. The number of likely N-dealkylation sites (tertiary alicyclic amines) is 1. The van der Waals surface area contributed by atoms with Gasteiger partial charge in [0.2, 0.25) is 10.0 Å². The summed E-state index contributed by atoms with van der Waals surface area (Å²) in [6.07, 6.45) is 6.11. The first-order chi connectivity index (χ1) is 13.1. The molecule has 0 spiro atoms. The van der Waals surface area contributed by atoms with Crippen molar-refractivity contribution < 1.29 is 12.8 Å². The summed E-state index contributed by atoms with van der Waals surface area (Å²) in [6.45, 7) is 3.44. The molecule has 2 aromatic rings. The molecule has 1 fully saturated rings. The normalized spacial score (nSPS) is 15.8. The van der Waals surface area contributed by atoms with E-state index in [0.29, 0.717) is 13.1 Å². The lowest BCUT2D eigenvalue weighted by molar-refractivity contribution is 0.303. The first-order valence-electron chi connectivity index (χ1n) is 9.25. The van der Waals surface area contributed by atoms with E-state index in [1.54, 1.807) is 0 Å². The number of nitrogens with zero attached hydrogens (tertiary/aromatic N) is 2. The maximum absolute atomic E-state index is 13.2. The quantitative estimate of drug-likeness (QED) is 0.693. The Morgan fingerprint density at radius 3 is 2.33 bits per heavy atom. The van der Waals surface area contributed by atoms with Crippen LogP contribution in [-0.4, -0.2) is 50.3 Å². The van der Waals surface area contributed by atoms with Crippen LogP contribution in [0.1, 0.15) is 18.4 Å². The van der Waals surface area contributed by atoms with E-state index in [4.69, 9.17) is 0 Å². The van der Waals surface area contributed by atoms with Gasteiger partial charge in [-0.1, -0.05) is 42.5 Å². The molecular weight excluding hydrogens is 363 g/mol. The van der Waals surface area contributed by atoms with Crippen molar-refractivity contribution in [1.82, 2.24) is 9.21 Å². The molecule has 0 amide bonds. The molecule has 1 heterocycles. The molecular formula is C21H25FN2O2S. The van der Waals surface area contributed by atoms with Crippen molar-refractivity contribution in [2.75, 3.05) is 32.7 Å². The predicted octanol–water partition coefficient (Wildman–Crippen LogP) is 3.63. The zero-order valence-electron chi connectivity index (χ0n) is 15.3. The van der Waals surface area contributed by atoms with Crippen LogP contribution in [0.4, 0.5) is 4.39 Å². The number of hydrogen-bond donors (Lipinski definition) is 0. The second kappa shape index (κ2) is 9.26. The second-order valence-electron chi connectivity index (χ2n) is 6.68. The molecule has 4 nitrogen and oxygen atoms in total. The Labute approximate surface area is 161 Å². The Hall–Kier alpha value is -2.02. The highest BCUT2D eigenvalue weighted by Crippen LogP contribution is 2.17. The molecule has 0 N–H and O–H groups in total. The summed E-state index contributed by atoms with van der Waals surface area (Å²) < 4.78 is 40.7. The minimum absolute atomic E-state index is 0.124. The number of hydrogen-bond acceptors (Lipinski definition) is 3. The van der Waals surface area contributed by atoms with E-state index < -0.39 is 15.8 Å². The molecule has 0 radical (unpaired) electrons. The Morgan fingerprint density at radius 2 is 1.67 bits per heavy atom. The molecule has 0 atom stereocenters. The summed E-state index contributed by atoms with van der Waals surface area (Å²) in [5, 5.41) is 0. The van der Waals surface area contributed by atoms with Gasteiger partial charge in [-0.15, -0.1) is 0 Å². The molecule has 3 rings (SSSR count). The molecule has 1 aliphatic rings. The first kappa shape index (κ1) is 19.7. The fourth-order valence-electron chi connectivity index (χ4n) is 3.19. The van der Waals surface area contributed by atoms with Crippen LogP contribution in [0.5, 0.6) is 0 Å². The van der Waals surface area contributed by atoms with Gasteiger partial charge in [0.25, 0.3) is 0 Å². The number of rotatable bonds is 8. The molecule has 0 aromatic heterocycles. The third kappa shape index (κ3) is 5.48. The van der Waals surface area contributed by atoms with Crippen molar-refractivity contribution in [3.05, 3.63) is 72.1 Å². The largest absolute Gasteiger partial charge is 0.302 e. The summed E-state index contributed by atoms with van der Waals surface area (Å²) in [4.78, 5) is 2.41. The first-order valence-corrected chi connectivity index (χ1v) is 10.7. The Morgan fingerprint density at radius 1 is 1.00 bits per heavy atom. The minimum Gasteiger partial charge on any atom is -0.302 e. The highest BCUT2D eigenvalue weighted by molar-refractivity contribution is 7.89. The summed E-state index contributed by atoms with van der Waals surface area (Å²) in [5.41, 5.74) is 1.02. The van der Waals surface area contributed by atoms with Gasteiger partial charge in [-0.3, -0.25) is 0 Å². The summed E-state index contributed by atoms with van der Waals surface area (Å²) in [7, 11) is -3.68. The highest BCUT2D eigenvalue weighted by Gasteiger charge is 2.24. The minimum atomic E-state index is -3.68. The maximum Gasteiger partial charge on any atom is 0.243 e. The van der Waals surface area contributed by atoms with Crippen molar-refractivity contribution in [3.8, 4) is 0 Å². The molecule has 0 saturated carbocycles. The molecule has 6 heteroatoms. The van der Waals surface area contributed by atoms with Crippen LogP contribution in [0.25, 0.3) is 6.08 Å². The monoisotopic (exact) mass is 388 g/mol. The summed E-state index contributed by atoms with van der Waals surface area (Å²) in [5.74, 6) is -0.443. The summed E-state index contributed by atoms with van der Waals surface area (Å²) >= 11 is 0. The van der Waals surface area contributed by atoms with Gasteiger partial charge >= 0.3 is 0 Å². The number of benzene rings is 2. The van der Waals surface area contributed by atoms with E-state index in [0.717, 1.165) is 18.7 Å². The molecule has 1 aliphatic heterocycles. The van der Waals surface area contributed by atoms with Gasteiger partial charge in [0, 0.05) is 19.6 Å². The molecule has 0 unspecified atom stereocenters. The molecule has 1 saturated heterocycles. The SMILES string of the molecule is O=S(=O)(c1ccc(F)cc1)N(C/C=C/c1ccccc1)CCN1CCCC1. The van der Waals surface area contributed by atoms with Crippen LogP contribution < -0.4 is 0 Å². The highest BCUT2D eigenvalue weighted by atomic mass is 32.2. The van der Waals surface area contributed by atoms with Gasteiger partial charge in [-0.2, -0.15) is 4.31 Å². The molecule has 144 valence electrons. The van der Waals surface area contributed by atoms with Gasteiger partial charge in [0.15, 0.2) is 0 Å². The van der Waals surface area contributed by atoms with Gasteiger partial charge in [0.1, 0.15) is 5.82 Å². The zero-order valence-corrected chi connectivity index (χ0v) is 16.1. The lowest BCUT2D eigenvalue weighted by atomic mass is 10.2. The third-order valence-corrected chi connectivity index (χ3v) is 6.61. The van der Waals surface area contributed by atoms with Crippen LogP contribution in [0.2, 0.25) is 0 Å². The second-order valence-corrected chi connectivity index (χ2v) is 8.62. The fraction of sp³-hybridized carbons (Fsp3) is 0.333. The van der Waals surface area contributed by atoms with Crippen molar-refractivity contribution in [2.24, 2.45) is 0 Å². The van der Waals surface area contributed by atoms with Crippen LogP contribution in [0, 0.1) is 5.82 Å². The van der Waals surface area contributed by atoms with Crippen molar-refractivity contribution >= 4 is 16.1 Å². The van der Waals surface area contributed by atoms with Crippen molar-refractivity contribution in [1.29, 1.82) is 0 Å². The molecule has 0 aliphatic carbocycles. The van der Waals surface area contributed by atoms with Crippen LogP contribution in [0.15, 0.2) is 65.6 Å². The molecule has 0 bridgehead atoms. The fourth-order valence-corrected chi connectivity index (χ4v) is 4.58. The third-order valence-electron chi connectivity index (χ3n) is 4.73. The molecule has 27 heavy (non-hydrogen) atoms. The van der Waals surface area contributed by atoms with Crippen LogP contribution >= 0.6 is 0 Å². The maximum atomic E-state index is 13.2. The van der Waals surface area contributed by atoms with E-state index in [-0.39, 0.29) is 11.4 Å². The van der Waals surface area contributed by atoms with Gasteiger partial charge < -0.3 is 4.90 Å². The van der Waals surface area contributed by atoms with Crippen LogP contribution in [0.3, 0.4) is 0 Å². The summed E-state index contributed by atoms with van der Waals surface area (Å²) in [6, 6.07) is 14.8. The average Bonchev–Trinajstić information content (AvgIpc) is 3.19. The average molecular weight is 389 g/mol. The lowest BCUT2D eigenvalue weighted by Gasteiger charge is -2.24. The van der Waals surface area contributed by atoms with E-state index >= 15 is 0 Å².